The number of carbonyl (C=O) groups is 1. The molecular formula is C13H15N3O5. The first-order valence-electron chi connectivity index (χ1n) is 5.98. The summed E-state index contributed by atoms with van der Waals surface area (Å²) < 4.78 is 15.1. The molecule has 1 heterocycles. The predicted octanol–water partition coefficient (Wildman–Crippen LogP) is 0.618. The highest BCUT2D eigenvalue weighted by Gasteiger charge is 2.27. The van der Waals surface area contributed by atoms with Crippen LogP contribution in [0, 0.1) is 6.92 Å². The lowest BCUT2D eigenvalue weighted by atomic mass is 10.1. The van der Waals surface area contributed by atoms with Gasteiger partial charge in [0.2, 0.25) is 0 Å². The van der Waals surface area contributed by atoms with E-state index in [0.29, 0.717) is 5.82 Å². The lowest BCUT2D eigenvalue weighted by molar-refractivity contribution is 0.0598. The van der Waals surface area contributed by atoms with Crippen LogP contribution in [0.15, 0.2) is 4.79 Å². The summed E-state index contributed by atoms with van der Waals surface area (Å²) in [5, 5.41) is 0.116. The first-order chi connectivity index (χ1) is 9.96. The fourth-order valence-corrected chi connectivity index (χ4v) is 2.17. The first kappa shape index (κ1) is 14.6. The maximum atomic E-state index is 12.1. The van der Waals surface area contributed by atoms with Crippen LogP contribution < -0.4 is 20.8 Å². The summed E-state index contributed by atoms with van der Waals surface area (Å²) in [6, 6.07) is 0. The average Bonchev–Trinajstić information content (AvgIpc) is 2.45. The van der Waals surface area contributed by atoms with E-state index in [-0.39, 0.29) is 33.7 Å². The van der Waals surface area contributed by atoms with Crippen molar-refractivity contribution in [2.45, 2.75) is 6.92 Å². The highest BCUT2D eigenvalue weighted by Crippen LogP contribution is 2.40. The van der Waals surface area contributed by atoms with Crippen LogP contribution in [0.2, 0.25) is 0 Å². The molecule has 1 aromatic heterocycles. The molecule has 21 heavy (non-hydrogen) atoms. The molecule has 0 unspecified atom stereocenters. The molecule has 0 radical (unpaired) electrons. The number of nitrogens with one attached hydrogen (secondary N) is 1. The molecule has 0 aliphatic carbocycles. The van der Waals surface area contributed by atoms with E-state index in [2.05, 4.69) is 9.97 Å². The molecule has 0 saturated heterocycles. The maximum Gasteiger partial charge on any atom is 0.344 e. The third kappa shape index (κ3) is 2.14. The van der Waals surface area contributed by atoms with Gasteiger partial charge in [-0.05, 0) is 6.92 Å². The van der Waals surface area contributed by atoms with Crippen molar-refractivity contribution in [3.63, 3.8) is 0 Å². The van der Waals surface area contributed by atoms with Gasteiger partial charge in [-0.2, -0.15) is 0 Å². The van der Waals surface area contributed by atoms with Gasteiger partial charge >= 0.3 is 5.97 Å². The summed E-state index contributed by atoms with van der Waals surface area (Å²) in [5.74, 6) is -0.206. The average molecular weight is 293 g/mol. The van der Waals surface area contributed by atoms with E-state index < -0.39 is 11.5 Å². The molecule has 0 bridgehead atoms. The minimum absolute atomic E-state index is 0.0261. The van der Waals surface area contributed by atoms with Crippen molar-refractivity contribution in [2.75, 3.05) is 27.1 Å². The van der Waals surface area contributed by atoms with Gasteiger partial charge in [0.05, 0.1) is 27.0 Å². The number of nitrogens with zero attached hydrogens (tertiary/aromatic N) is 1. The van der Waals surface area contributed by atoms with Crippen LogP contribution in [0.5, 0.6) is 11.5 Å². The Morgan fingerprint density at radius 1 is 1.19 bits per heavy atom. The molecule has 3 N–H and O–H groups in total. The number of methoxy groups -OCH3 is 3. The zero-order valence-corrected chi connectivity index (χ0v) is 12.1. The van der Waals surface area contributed by atoms with E-state index in [1.807, 2.05) is 0 Å². The van der Waals surface area contributed by atoms with Gasteiger partial charge in [-0.3, -0.25) is 4.79 Å². The Balaban J connectivity index is 3.10. The molecule has 2 rings (SSSR count). The van der Waals surface area contributed by atoms with Crippen LogP contribution >= 0.6 is 0 Å². The Morgan fingerprint density at radius 2 is 1.81 bits per heavy atom. The van der Waals surface area contributed by atoms with E-state index in [1.165, 1.54) is 21.3 Å². The zero-order chi connectivity index (χ0) is 15.7. The van der Waals surface area contributed by atoms with Gasteiger partial charge in [0, 0.05) is 0 Å². The molecule has 0 fully saturated rings. The summed E-state index contributed by atoms with van der Waals surface area (Å²) >= 11 is 0. The van der Waals surface area contributed by atoms with Crippen LogP contribution in [0.3, 0.4) is 0 Å². The maximum absolute atomic E-state index is 12.1. The van der Waals surface area contributed by atoms with Crippen molar-refractivity contribution in [1.82, 2.24) is 9.97 Å². The topological polar surface area (TPSA) is 117 Å². The van der Waals surface area contributed by atoms with Crippen molar-refractivity contribution >= 4 is 22.6 Å². The number of benzene rings is 1. The van der Waals surface area contributed by atoms with Gasteiger partial charge in [-0.15, -0.1) is 0 Å². The molecule has 0 aliphatic rings. The minimum Gasteiger partial charge on any atom is -0.494 e. The van der Waals surface area contributed by atoms with Crippen LogP contribution in [-0.2, 0) is 4.74 Å². The molecule has 0 saturated carbocycles. The van der Waals surface area contributed by atoms with E-state index in [1.54, 1.807) is 6.92 Å². The Bertz CT molecular complexity index is 782. The largest absolute Gasteiger partial charge is 0.494 e. The van der Waals surface area contributed by atoms with E-state index >= 15 is 0 Å². The van der Waals surface area contributed by atoms with Gasteiger partial charge in [-0.25, -0.2) is 9.78 Å². The monoisotopic (exact) mass is 293 g/mol. The number of esters is 1. The van der Waals surface area contributed by atoms with Crippen LogP contribution in [0.25, 0.3) is 10.9 Å². The summed E-state index contributed by atoms with van der Waals surface area (Å²) in [4.78, 5) is 30.9. The molecular weight excluding hydrogens is 278 g/mol. The van der Waals surface area contributed by atoms with Gasteiger partial charge in [0.25, 0.3) is 5.56 Å². The second-order valence-corrected chi connectivity index (χ2v) is 4.22. The predicted molar refractivity (Wildman–Crippen MR) is 76.0 cm³/mol. The number of rotatable bonds is 3. The number of aromatic nitrogens is 2. The number of fused-ring (bicyclic) bond motifs is 1. The lowest BCUT2D eigenvalue weighted by Gasteiger charge is -2.16. The lowest BCUT2D eigenvalue weighted by Crippen LogP contribution is -2.16. The number of carbonyl (C=O) groups excluding carboxylic acids is 1. The molecule has 1 aromatic carbocycles. The number of anilines is 1. The third-order valence-corrected chi connectivity index (χ3v) is 3.02. The molecule has 0 spiro atoms. The second-order valence-electron chi connectivity index (χ2n) is 4.22. The second kappa shape index (κ2) is 5.31. The number of aryl methyl sites for hydroxylation is 1. The van der Waals surface area contributed by atoms with Crippen molar-refractivity contribution in [2.24, 2.45) is 0 Å². The molecule has 112 valence electrons. The Kier molecular flexibility index (Phi) is 3.70. The normalized spacial score (nSPS) is 10.5. The fraction of sp³-hybridized carbons (Fsp3) is 0.308. The number of ether oxygens (including phenoxy) is 3. The molecule has 0 atom stereocenters. The Hall–Kier alpha value is -2.77. The highest BCUT2D eigenvalue weighted by atomic mass is 16.5. The summed E-state index contributed by atoms with van der Waals surface area (Å²) in [7, 11) is 3.91. The molecule has 0 amide bonds. The quantitative estimate of drug-likeness (QED) is 0.629. The van der Waals surface area contributed by atoms with E-state index in [9.17, 15) is 9.59 Å². The van der Waals surface area contributed by atoms with Crippen molar-refractivity contribution in [3.8, 4) is 11.5 Å². The summed E-state index contributed by atoms with van der Waals surface area (Å²) in [5.41, 5.74) is 5.62. The Labute approximate surface area is 119 Å². The number of H-pyrrole nitrogens is 1. The molecule has 0 aliphatic heterocycles. The third-order valence-electron chi connectivity index (χ3n) is 3.02. The number of hydrogen-bond acceptors (Lipinski definition) is 7. The van der Waals surface area contributed by atoms with E-state index in [4.69, 9.17) is 19.9 Å². The first-order valence-corrected chi connectivity index (χ1v) is 5.98. The van der Waals surface area contributed by atoms with Crippen molar-refractivity contribution < 1.29 is 19.0 Å². The number of nitrogens with two attached hydrogens (primary N) is 1. The van der Waals surface area contributed by atoms with Crippen molar-refractivity contribution in [3.05, 3.63) is 21.7 Å². The number of nitrogen functional groups attached to an aromatic ring is 1. The zero-order valence-electron chi connectivity index (χ0n) is 12.1. The minimum atomic E-state index is -0.704. The smallest absolute Gasteiger partial charge is 0.344 e. The summed E-state index contributed by atoms with van der Waals surface area (Å²) in [6.07, 6.45) is 0. The standard InChI is InChI=1S/C13H15N3O5/c1-5-15-9-7(12(17)16-5)10(19-2)8(14)6(11(9)20-3)13(18)21-4/h14H2,1-4H3,(H,15,16,17). The SMILES string of the molecule is COC(=O)c1c(N)c(OC)c2c(=O)[nH]c(C)nc2c1OC. The molecule has 8 heteroatoms. The fourth-order valence-electron chi connectivity index (χ4n) is 2.17. The molecule has 2 aromatic rings. The van der Waals surface area contributed by atoms with Gasteiger partial charge in [-0.1, -0.05) is 0 Å². The molecule has 8 nitrogen and oxygen atoms in total. The van der Waals surface area contributed by atoms with Crippen molar-refractivity contribution in [1.29, 1.82) is 0 Å². The number of aromatic amines is 1. The number of hydrogen-bond donors (Lipinski definition) is 2. The Morgan fingerprint density at radius 3 is 2.33 bits per heavy atom. The van der Waals surface area contributed by atoms with Gasteiger partial charge in [0.15, 0.2) is 11.5 Å². The summed E-state index contributed by atoms with van der Waals surface area (Å²) in [6.45, 7) is 1.61. The van der Waals surface area contributed by atoms with Crippen LogP contribution in [-0.4, -0.2) is 37.3 Å². The van der Waals surface area contributed by atoms with Crippen LogP contribution in [0.4, 0.5) is 5.69 Å². The van der Waals surface area contributed by atoms with Crippen LogP contribution in [0.1, 0.15) is 16.2 Å². The van der Waals surface area contributed by atoms with Gasteiger partial charge in [0.1, 0.15) is 22.3 Å². The van der Waals surface area contributed by atoms with E-state index in [0.717, 1.165) is 0 Å². The van der Waals surface area contributed by atoms with Gasteiger partial charge < -0.3 is 24.9 Å². The highest BCUT2D eigenvalue weighted by molar-refractivity contribution is 6.08.